The topological polar surface area (TPSA) is 98.0 Å². The molecule has 1 fully saturated rings. The fourth-order valence-corrected chi connectivity index (χ4v) is 5.14. The van der Waals surface area contributed by atoms with Crippen molar-refractivity contribution in [2.24, 2.45) is 7.05 Å². The van der Waals surface area contributed by atoms with E-state index in [4.69, 9.17) is 4.52 Å². The smallest absolute Gasteiger partial charge is 0.339 e. The van der Waals surface area contributed by atoms with Crippen LogP contribution in [-0.2, 0) is 17.3 Å². The molecule has 0 radical (unpaired) electrons. The average Bonchev–Trinajstić information content (AvgIpc) is 3.43. The first-order valence-corrected chi connectivity index (χ1v) is 11.1. The molecule has 0 amide bonds. The molecule has 5 rings (SSSR count). The Morgan fingerprint density at radius 2 is 1.90 bits per heavy atom. The lowest BCUT2D eigenvalue weighted by atomic mass is 9.98. The van der Waals surface area contributed by atoms with Gasteiger partial charge in [0, 0.05) is 24.4 Å². The maximum absolute atomic E-state index is 12.8. The van der Waals surface area contributed by atoms with Gasteiger partial charge < -0.3 is 4.52 Å². The number of aryl methyl sites for hydroxylation is 1. The molecule has 0 atom stereocenters. The van der Waals surface area contributed by atoms with Crippen molar-refractivity contribution in [2.75, 3.05) is 13.1 Å². The molecule has 4 aromatic rings. The molecule has 4 heterocycles. The van der Waals surface area contributed by atoms with Gasteiger partial charge in [-0.3, -0.25) is 0 Å². The number of rotatable bonds is 4. The highest BCUT2D eigenvalue weighted by atomic mass is 32.2. The van der Waals surface area contributed by atoms with Crippen LogP contribution in [0.5, 0.6) is 0 Å². The van der Waals surface area contributed by atoms with Crippen molar-refractivity contribution in [1.82, 2.24) is 23.4 Å². The minimum Gasteiger partial charge on any atom is -0.339 e. The summed E-state index contributed by atoms with van der Waals surface area (Å²) >= 11 is 0. The maximum Gasteiger partial charge on any atom is 0.379 e. The van der Waals surface area contributed by atoms with E-state index in [2.05, 4.69) is 15.1 Å². The van der Waals surface area contributed by atoms with Gasteiger partial charge in [-0.2, -0.15) is 17.7 Å². The first kappa shape index (κ1) is 18.9. The molecule has 0 saturated carbocycles. The van der Waals surface area contributed by atoms with Gasteiger partial charge in [0.25, 0.3) is 6.33 Å². The first-order chi connectivity index (χ1) is 14.5. The van der Waals surface area contributed by atoms with E-state index < -0.39 is 10.2 Å². The van der Waals surface area contributed by atoms with Crippen molar-refractivity contribution in [3.8, 4) is 11.5 Å². The van der Waals surface area contributed by atoms with E-state index in [1.165, 1.54) is 8.28 Å². The molecule has 1 aromatic carbocycles. The normalized spacial score (nSPS) is 16.3. The lowest BCUT2D eigenvalue weighted by Gasteiger charge is -2.27. The van der Waals surface area contributed by atoms with Gasteiger partial charge in [-0.05, 0) is 25.0 Å². The molecular formula is C20H21N6O3S+. The molecule has 1 saturated heterocycles. The van der Waals surface area contributed by atoms with Gasteiger partial charge in [-0.15, -0.1) is 3.97 Å². The van der Waals surface area contributed by atoms with Gasteiger partial charge in [0.05, 0.1) is 12.6 Å². The molecule has 0 N–H and O–H groups in total. The van der Waals surface area contributed by atoms with Crippen LogP contribution in [0.15, 0.2) is 59.6 Å². The molecule has 0 aliphatic carbocycles. The Balaban J connectivity index is 1.30. The molecule has 10 heteroatoms. The average molecular weight is 425 g/mol. The molecule has 0 unspecified atom stereocenters. The largest absolute Gasteiger partial charge is 0.379 e. The highest BCUT2D eigenvalue weighted by molar-refractivity contribution is 7.87. The van der Waals surface area contributed by atoms with Crippen molar-refractivity contribution < 1.29 is 17.5 Å². The Kier molecular flexibility index (Phi) is 4.59. The first-order valence-electron chi connectivity index (χ1n) is 9.74. The van der Waals surface area contributed by atoms with Gasteiger partial charge in [0.2, 0.25) is 11.7 Å². The Morgan fingerprint density at radius 3 is 2.67 bits per heavy atom. The summed E-state index contributed by atoms with van der Waals surface area (Å²) in [6.07, 6.45) is 6.04. The van der Waals surface area contributed by atoms with Gasteiger partial charge in [0.1, 0.15) is 18.1 Å². The molecule has 0 spiro atoms. The minimum atomic E-state index is -3.55. The zero-order valence-electron chi connectivity index (χ0n) is 16.4. The highest BCUT2D eigenvalue weighted by Crippen LogP contribution is 2.29. The van der Waals surface area contributed by atoms with Gasteiger partial charge in [-0.25, -0.2) is 9.55 Å². The van der Waals surface area contributed by atoms with E-state index in [1.54, 1.807) is 30.3 Å². The lowest BCUT2D eigenvalue weighted by Crippen LogP contribution is -2.41. The molecule has 1 aliphatic heterocycles. The number of pyridine rings is 1. The Bertz CT molecular complexity index is 1300. The van der Waals surface area contributed by atoms with Gasteiger partial charge in [0.15, 0.2) is 0 Å². The summed E-state index contributed by atoms with van der Waals surface area (Å²) in [4.78, 5) is 9.15. The van der Waals surface area contributed by atoms with Crippen LogP contribution in [0.4, 0.5) is 0 Å². The van der Waals surface area contributed by atoms with E-state index >= 15 is 0 Å². The molecule has 9 nitrogen and oxygen atoms in total. The van der Waals surface area contributed by atoms with E-state index in [9.17, 15) is 8.42 Å². The van der Waals surface area contributed by atoms with E-state index in [-0.39, 0.29) is 5.92 Å². The summed E-state index contributed by atoms with van der Waals surface area (Å²) in [5.41, 5.74) is 1.53. The molecule has 0 bridgehead atoms. The second-order valence-corrected chi connectivity index (χ2v) is 9.27. The summed E-state index contributed by atoms with van der Waals surface area (Å²) in [5.74, 6) is 1.01. The van der Waals surface area contributed by atoms with Crippen molar-refractivity contribution >= 4 is 21.1 Å². The molecular weight excluding hydrogens is 404 g/mol. The number of aromatic nitrogens is 5. The number of hydrogen-bond acceptors (Lipinski definition) is 6. The Labute approximate surface area is 173 Å². The SMILES string of the molecule is C[n+]1ccn(S(=O)(=O)N2CCC(c3nc(-c4ccc5ccccc5n4)no3)CC2)c1. The monoisotopic (exact) mass is 425 g/mol. The standard InChI is InChI=1S/C20H21N6O3S/c1-24-12-13-26(14-24)30(27,28)25-10-8-16(9-11-25)20-22-19(23-29-20)18-7-6-15-4-2-3-5-17(15)21-18/h2-7,12-14,16H,8-11H2,1H3/q+1. The van der Waals surface area contributed by atoms with Crippen molar-refractivity contribution in [1.29, 1.82) is 0 Å². The quantitative estimate of drug-likeness (QED) is 0.463. The highest BCUT2D eigenvalue weighted by Gasteiger charge is 2.34. The van der Waals surface area contributed by atoms with Crippen LogP contribution in [0, 0.1) is 0 Å². The number of benzene rings is 1. The van der Waals surface area contributed by atoms with E-state index in [0.29, 0.717) is 43.3 Å². The molecule has 154 valence electrons. The summed E-state index contributed by atoms with van der Waals surface area (Å²) < 4.78 is 35.4. The van der Waals surface area contributed by atoms with Crippen LogP contribution in [0.25, 0.3) is 22.4 Å². The number of imidazole rings is 1. The van der Waals surface area contributed by atoms with E-state index in [0.717, 1.165) is 10.9 Å². The molecule has 1 aliphatic rings. The lowest BCUT2D eigenvalue weighted by molar-refractivity contribution is -0.670. The van der Waals surface area contributed by atoms with Crippen LogP contribution in [-0.4, -0.2) is 44.9 Å². The van der Waals surface area contributed by atoms with Crippen molar-refractivity contribution in [3.05, 3.63) is 61.0 Å². The van der Waals surface area contributed by atoms with Crippen LogP contribution in [0.2, 0.25) is 0 Å². The number of fused-ring (bicyclic) bond motifs is 1. The molecule has 30 heavy (non-hydrogen) atoms. The molecule has 3 aromatic heterocycles. The third kappa shape index (κ3) is 3.37. The van der Waals surface area contributed by atoms with Crippen LogP contribution in [0.3, 0.4) is 0 Å². The van der Waals surface area contributed by atoms with E-state index in [1.807, 2.05) is 36.4 Å². The summed E-state index contributed by atoms with van der Waals surface area (Å²) in [7, 11) is -1.77. The van der Waals surface area contributed by atoms with Gasteiger partial charge >= 0.3 is 10.2 Å². The van der Waals surface area contributed by atoms with Crippen molar-refractivity contribution in [2.45, 2.75) is 18.8 Å². The van der Waals surface area contributed by atoms with Crippen LogP contribution < -0.4 is 4.57 Å². The third-order valence-electron chi connectivity index (χ3n) is 5.41. The maximum atomic E-state index is 12.8. The third-order valence-corrected chi connectivity index (χ3v) is 7.18. The minimum absolute atomic E-state index is 0.0268. The fourth-order valence-electron chi connectivity index (χ4n) is 3.73. The van der Waals surface area contributed by atoms with Gasteiger partial charge in [-0.1, -0.05) is 29.4 Å². The second-order valence-electron chi connectivity index (χ2n) is 7.44. The Hall–Kier alpha value is -3.11. The second kappa shape index (κ2) is 7.29. The van der Waals surface area contributed by atoms with Crippen LogP contribution >= 0.6 is 0 Å². The zero-order chi connectivity index (χ0) is 20.7. The predicted octanol–water partition coefficient (Wildman–Crippen LogP) is 1.88. The number of hydrogen-bond donors (Lipinski definition) is 0. The number of nitrogens with zero attached hydrogens (tertiary/aromatic N) is 6. The Morgan fingerprint density at radius 1 is 1.10 bits per heavy atom. The van der Waals surface area contributed by atoms with Crippen LogP contribution in [0.1, 0.15) is 24.7 Å². The summed E-state index contributed by atoms with van der Waals surface area (Å²) in [5, 5.41) is 5.15. The number of para-hydroxylation sites is 1. The predicted molar refractivity (Wildman–Crippen MR) is 109 cm³/mol. The number of piperidine rings is 1. The van der Waals surface area contributed by atoms with Crippen molar-refractivity contribution in [3.63, 3.8) is 0 Å². The zero-order valence-corrected chi connectivity index (χ0v) is 17.2. The summed E-state index contributed by atoms with van der Waals surface area (Å²) in [6, 6.07) is 11.7. The fraction of sp³-hybridized carbons (Fsp3) is 0.300. The summed E-state index contributed by atoms with van der Waals surface area (Å²) in [6.45, 7) is 0.807.